The van der Waals surface area contributed by atoms with Gasteiger partial charge in [-0.3, -0.25) is 14.7 Å². The molecule has 0 bridgehead atoms. The van der Waals surface area contributed by atoms with Crippen molar-refractivity contribution < 1.29 is 14.0 Å². The Kier molecular flexibility index (Phi) is 7.77. The molecule has 0 radical (unpaired) electrons. The van der Waals surface area contributed by atoms with Crippen molar-refractivity contribution >= 4 is 23.7 Å². The number of carbonyl (C=O) groups excluding carboxylic acids is 2. The highest BCUT2D eigenvalue weighted by Crippen LogP contribution is 2.26. The molecule has 7 nitrogen and oxygen atoms in total. The first-order valence-electron chi connectivity index (χ1n) is 9.86. The van der Waals surface area contributed by atoms with E-state index in [-0.39, 0.29) is 11.7 Å². The molecule has 2 N–H and O–H groups in total. The molecule has 0 saturated carbocycles. The van der Waals surface area contributed by atoms with Gasteiger partial charge in [0.1, 0.15) is 5.82 Å². The van der Waals surface area contributed by atoms with E-state index in [1.165, 1.54) is 6.07 Å². The molecule has 31 heavy (non-hydrogen) atoms. The van der Waals surface area contributed by atoms with Gasteiger partial charge in [-0.05, 0) is 23.6 Å². The zero-order valence-electron chi connectivity index (χ0n) is 17.3. The van der Waals surface area contributed by atoms with Crippen LogP contribution in [0.1, 0.15) is 19.4 Å². The second-order valence-corrected chi connectivity index (χ2v) is 8.24. The van der Waals surface area contributed by atoms with E-state index in [1.54, 1.807) is 22.8 Å². The van der Waals surface area contributed by atoms with Gasteiger partial charge in [0.2, 0.25) is 5.91 Å². The number of rotatable bonds is 8. The minimum atomic E-state index is -0.530. The predicted octanol–water partition coefficient (Wildman–Crippen LogP) is 3.71. The van der Waals surface area contributed by atoms with E-state index in [9.17, 15) is 14.0 Å². The van der Waals surface area contributed by atoms with Crippen LogP contribution in [0.2, 0.25) is 0 Å². The largest absolute Gasteiger partial charge is 0.338 e. The zero-order chi connectivity index (χ0) is 22.2. The van der Waals surface area contributed by atoms with E-state index < -0.39 is 17.8 Å². The second kappa shape index (κ2) is 10.7. The molecular weight excluding hydrogens is 417 g/mol. The lowest BCUT2D eigenvalue weighted by Gasteiger charge is -2.11. The van der Waals surface area contributed by atoms with E-state index in [4.69, 9.17) is 0 Å². The van der Waals surface area contributed by atoms with Crippen molar-refractivity contribution in [2.45, 2.75) is 25.5 Å². The maximum atomic E-state index is 14.4. The quantitative estimate of drug-likeness (QED) is 0.520. The molecule has 0 aliphatic carbocycles. The van der Waals surface area contributed by atoms with E-state index >= 15 is 0 Å². The van der Waals surface area contributed by atoms with Crippen LogP contribution in [0.4, 0.5) is 9.18 Å². The van der Waals surface area contributed by atoms with Gasteiger partial charge in [-0.15, -0.1) is 10.2 Å². The van der Waals surface area contributed by atoms with E-state index in [0.717, 1.165) is 17.3 Å². The van der Waals surface area contributed by atoms with Crippen LogP contribution in [0.5, 0.6) is 0 Å². The fourth-order valence-corrected chi connectivity index (χ4v) is 3.52. The average Bonchev–Trinajstić information content (AvgIpc) is 3.14. The van der Waals surface area contributed by atoms with Gasteiger partial charge in [0, 0.05) is 6.54 Å². The fourth-order valence-electron chi connectivity index (χ4n) is 2.78. The molecule has 1 heterocycles. The van der Waals surface area contributed by atoms with Gasteiger partial charge in [0.15, 0.2) is 11.0 Å². The maximum Gasteiger partial charge on any atom is 0.321 e. The summed E-state index contributed by atoms with van der Waals surface area (Å²) >= 11 is 1.14. The first kappa shape index (κ1) is 22.5. The molecule has 0 fully saturated rings. The summed E-state index contributed by atoms with van der Waals surface area (Å²) < 4.78 is 16.2. The number of carbonyl (C=O) groups is 2. The van der Waals surface area contributed by atoms with Crippen LogP contribution in [0.25, 0.3) is 11.4 Å². The molecule has 9 heteroatoms. The SMILES string of the molecule is CC(C)CNC(=O)NC(=O)CSc1nnc(-c2ccccc2F)n1Cc1ccccc1. The Bertz CT molecular complexity index is 1040. The molecular formula is C22H24FN5O2S. The molecule has 0 atom stereocenters. The number of nitrogens with one attached hydrogen (secondary N) is 2. The van der Waals surface area contributed by atoms with Gasteiger partial charge < -0.3 is 5.32 Å². The van der Waals surface area contributed by atoms with Crippen LogP contribution < -0.4 is 10.6 Å². The summed E-state index contributed by atoms with van der Waals surface area (Å²) in [6, 6.07) is 15.5. The topological polar surface area (TPSA) is 88.9 Å². The van der Waals surface area contributed by atoms with Crippen LogP contribution in [-0.4, -0.2) is 39.0 Å². The standard InChI is InChI=1S/C22H24FN5O2S/c1-15(2)12-24-21(30)25-19(29)14-31-22-27-26-20(17-10-6-7-11-18(17)23)28(22)13-16-8-4-3-5-9-16/h3-11,15H,12-14H2,1-2H3,(H2,24,25,29,30). The highest BCUT2D eigenvalue weighted by molar-refractivity contribution is 7.99. The molecule has 0 unspecified atom stereocenters. The smallest absolute Gasteiger partial charge is 0.321 e. The number of nitrogens with zero attached hydrogens (tertiary/aromatic N) is 3. The van der Waals surface area contributed by atoms with Crippen molar-refractivity contribution in [3.8, 4) is 11.4 Å². The summed E-state index contributed by atoms with van der Waals surface area (Å²) in [5.74, 6) is -0.226. The lowest BCUT2D eigenvalue weighted by atomic mass is 10.2. The number of hydrogen-bond acceptors (Lipinski definition) is 5. The minimum absolute atomic E-state index is 0.0285. The second-order valence-electron chi connectivity index (χ2n) is 7.30. The number of urea groups is 1. The zero-order valence-corrected chi connectivity index (χ0v) is 18.2. The maximum absolute atomic E-state index is 14.4. The molecule has 3 aromatic rings. The molecule has 2 aromatic carbocycles. The molecule has 0 spiro atoms. The molecule has 1 aromatic heterocycles. The lowest BCUT2D eigenvalue weighted by Crippen LogP contribution is -2.41. The summed E-state index contributed by atoms with van der Waals surface area (Å²) in [6.45, 7) is 4.81. The summed E-state index contributed by atoms with van der Waals surface area (Å²) in [5.41, 5.74) is 1.31. The number of aromatic nitrogens is 3. The average molecular weight is 442 g/mol. The third-order valence-corrected chi connectivity index (χ3v) is 5.24. The summed E-state index contributed by atoms with van der Waals surface area (Å²) in [5, 5.41) is 13.7. The number of halogens is 1. The van der Waals surface area contributed by atoms with Crippen molar-refractivity contribution in [2.24, 2.45) is 5.92 Å². The number of thioether (sulfide) groups is 1. The van der Waals surface area contributed by atoms with Gasteiger partial charge in [-0.2, -0.15) is 0 Å². The van der Waals surface area contributed by atoms with Gasteiger partial charge in [-0.25, -0.2) is 9.18 Å². The summed E-state index contributed by atoms with van der Waals surface area (Å²) in [7, 11) is 0. The molecule has 3 rings (SSSR count). The molecule has 162 valence electrons. The lowest BCUT2D eigenvalue weighted by molar-refractivity contribution is -0.117. The van der Waals surface area contributed by atoms with Crippen molar-refractivity contribution in [1.29, 1.82) is 0 Å². The molecule has 0 aliphatic rings. The number of imide groups is 1. The molecule has 0 aliphatic heterocycles. The van der Waals surface area contributed by atoms with Gasteiger partial charge >= 0.3 is 6.03 Å². The van der Waals surface area contributed by atoms with Crippen LogP contribution in [0.15, 0.2) is 59.8 Å². The Hall–Kier alpha value is -3.20. The highest BCUT2D eigenvalue weighted by Gasteiger charge is 2.19. The first-order chi connectivity index (χ1) is 14.9. The van der Waals surface area contributed by atoms with Crippen LogP contribution >= 0.6 is 11.8 Å². The van der Waals surface area contributed by atoms with Crippen LogP contribution in [0.3, 0.4) is 0 Å². The number of hydrogen-bond donors (Lipinski definition) is 2. The van der Waals surface area contributed by atoms with Crippen LogP contribution in [-0.2, 0) is 11.3 Å². The normalized spacial score (nSPS) is 10.8. The first-order valence-corrected chi connectivity index (χ1v) is 10.8. The van der Waals surface area contributed by atoms with Crippen molar-refractivity contribution in [3.63, 3.8) is 0 Å². The van der Waals surface area contributed by atoms with Crippen molar-refractivity contribution in [2.75, 3.05) is 12.3 Å². The van der Waals surface area contributed by atoms with Gasteiger partial charge in [0.25, 0.3) is 0 Å². The Labute approximate surface area is 184 Å². The third kappa shape index (κ3) is 6.39. The Morgan fingerprint density at radius 2 is 1.77 bits per heavy atom. The van der Waals surface area contributed by atoms with Crippen molar-refractivity contribution in [1.82, 2.24) is 25.4 Å². The van der Waals surface area contributed by atoms with Gasteiger partial charge in [-0.1, -0.05) is 68.1 Å². The highest BCUT2D eigenvalue weighted by atomic mass is 32.2. The Morgan fingerprint density at radius 3 is 2.48 bits per heavy atom. The molecule has 3 amide bonds. The van der Waals surface area contributed by atoms with E-state index in [2.05, 4.69) is 20.8 Å². The Balaban J connectivity index is 1.76. The van der Waals surface area contributed by atoms with E-state index in [0.29, 0.717) is 29.6 Å². The summed E-state index contributed by atoms with van der Waals surface area (Å²) in [6.07, 6.45) is 0. The fraction of sp³-hybridized carbons (Fsp3) is 0.273. The van der Waals surface area contributed by atoms with Crippen LogP contribution in [0, 0.1) is 11.7 Å². The minimum Gasteiger partial charge on any atom is -0.338 e. The predicted molar refractivity (Wildman–Crippen MR) is 118 cm³/mol. The van der Waals surface area contributed by atoms with Crippen molar-refractivity contribution in [3.05, 3.63) is 66.0 Å². The van der Waals surface area contributed by atoms with E-state index in [1.807, 2.05) is 44.2 Å². The third-order valence-electron chi connectivity index (χ3n) is 4.27. The monoisotopic (exact) mass is 441 g/mol. The number of benzene rings is 2. The summed E-state index contributed by atoms with van der Waals surface area (Å²) in [4.78, 5) is 23.9. The Morgan fingerprint density at radius 1 is 1.06 bits per heavy atom. The van der Waals surface area contributed by atoms with Gasteiger partial charge in [0.05, 0.1) is 17.9 Å². The molecule has 0 saturated heterocycles. The number of amides is 3.